The van der Waals surface area contributed by atoms with Crippen LogP contribution in [-0.2, 0) is 0 Å². The van der Waals surface area contributed by atoms with E-state index in [2.05, 4.69) is 0 Å². The van der Waals surface area contributed by atoms with Gasteiger partial charge in [-0.15, -0.1) is 0 Å². The Labute approximate surface area is 87.6 Å². The van der Waals surface area contributed by atoms with Crippen LogP contribution in [0.15, 0.2) is 28.7 Å². The summed E-state index contributed by atoms with van der Waals surface area (Å²) in [6.45, 7) is 2.03. The van der Waals surface area contributed by atoms with Crippen LogP contribution >= 0.6 is 11.6 Å². The molecule has 1 aromatic carbocycles. The summed E-state index contributed by atoms with van der Waals surface area (Å²) in [6.07, 6.45) is 0.859. The molecule has 0 aliphatic rings. The lowest BCUT2D eigenvalue weighted by molar-refractivity contribution is 0.488. The number of nitrogens with two attached hydrogens (primary N) is 1. The summed E-state index contributed by atoms with van der Waals surface area (Å²) >= 11 is 5.98. The van der Waals surface area contributed by atoms with Gasteiger partial charge in [0.1, 0.15) is 5.76 Å². The molecule has 74 valence electrons. The van der Waals surface area contributed by atoms with E-state index in [-0.39, 0.29) is 6.04 Å². The first-order chi connectivity index (χ1) is 6.72. The molecule has 0 spiro atoms. The lowest BCUT2D eigenvalue weighted by atomic mass is 10.2. The Balaban J connectivity index is 2.56. The zero-order chi connectivity index (χ0) is 10.1. The van der Waals surface area contributed by atoms with Crippen molar-refractivity contribution in [1.29, 1.82) is 0 Å². The Bertz CT molecular complexity index is 449. The van der Waals surface area contributed by atoms with Gasteiger partial charge in [0, 0.05) is 5.39 Å². The van der Waals surface area contributed by atoms with Crippen molar-refractivity contribution in [1.82, 2.24) is 0 Å². The second-order valence-electron chi connectivity index (χ2n) is 3.32. The molecule has 3 heteroatoms. The molecule has 2 rings (SSSR count). The highest BCUT2D eigenvalue weighted by Crippen LogP contribution is 2.29. The molecule has 14 heavy (non-hydrogen) atoms. The largest absolute Gasteiger partial charge is 0.458 e. The van der Waals surface area contributed by atoms with Gasteiger partial charge in [-0.2, -0.15) is 0 Å². The highest BCUT2D eigenvalue weighted by molar-refractivity contribution is 6.34. The summed E-state index contributed by atoms with van der Waals surface area (Å²) in [5.74, 6) is 0.801. The van der Waals surface area contributed by atoms with Crippen LogP contribution in [-0.4, -0.2) is 0 Å². The van der Waals surface area contributed by atoms with Crippen LogP contribution in [0.1, 0.15) is 25.1 Å². The number of para-hydroxylation sites is 1. The van der Waals surface area contributed by atoms with Crippen molar-refractivity contribution in [3.05, 3.63) is 35.0 Å². The van der Waals surface area contributed by atoms with Crippen LogP contribution < -0.4 is 5.73 Å². The number of hydrogen-bond donors (Lipinski definition) is 1. The lowest BCUT2D eigenvalue weighted by Crippen LogP contribution is -2.06. The van der Waals surface area contributed by atoms with Crippen LogP contribution in [0.3, 0.4) is 0 Å². The van der Waals surface area contributed by atoms with E-state index in [0.717, 1.165) is 23.2 Å². The van der Waals surface area contributed by atoms with E-state index < -0.39 is 0 Å². The van der Waals surface area contributed by atoms with E-state index in [1.165, 1.54) is 0 Å². The molecule has 0 aliphatic carbocycles. The van der Waals surface area contributed by atoms with Gasteiger partial charge in [0.2, 0.25) is 0 Å². The molecule has 0 amide bonds. The monoisotopic (exact) mass is 209 g/mol. The molecule has 0 saturated carbocycles. The molecular formula is C11H12ClNO. The Morgan fingerprint density at radius 1 is 1.50 bits per heavy atom. The van der Waals surface area contributed by atoms with Gasteiger partial charge < -0.3 is 10.2 Å². The van der Waals surface area contributed by atoms with Gasteiger partial charge in [0.15, 0.2) is 5.58 Å². The van der Waals surface area contributed by atoms with E-state index in [0.29, 0.717) is 5.02 Å². The summed E-state index contributed by atoms with van der Waals surface area (Å²) in [5.41, 5.74) is 6.60. The summed E-state index contributed by atoms with van der Waals surface area (Å²) < 4.78 is 5.59. The molecule has 2 nitrogen and oxygen atoms in total. The van der Waals surface area contributed by atoms with Crippen LogP contribution in [0, 0.1) is 0 Å². The number of hydrogen-bond acceptors (Lipinski definition) is 2. The normalized spacial score (nSPS) is 13.4. The van der Waals surface area contributed by atoms with Crippen LogP contribution in [0.4, 0.5) is 0 Å². The molecule has 0 fully saturated rings. The molecule has 0 bridgehead atoms. The fraction of sp³-hybridized carbons (Fsp3) is 0.273. The fourth-order valence-corrected chi connectivity index (χ4v) is 1.65. The van der Waals surface area contributed by atoms with Crippen molar-refractivity contribution in [3.8, 4) is 0 Å². The van der Waals surface area contributed by atoms with E-state index >= 15 is 0 Å². The zero-order valence-corrected chi connectivity index (χ0v) is 8.71. The standard InChI is InChI=1S/C11H12ClNO/c1-2-9(13)10-6-7-4-3-5-8(12)11(7)14-10/h3-6,9H,2,13H2,1H3. The molecule has 1 aromatic heterocycles. The summed E-state index contributed by atoms with van der Waals surface area (Å²) in [5, 5.41) is 1.65. The fourth-order valence-electron chi connectivity index (χ4n) is 1.43. The molecule has 1 atom stereocenters. The van der Waals surface area contributed by atoms with Gasteiger partial charge in [-0.3, -0.25) is 0 Å². The van der Waals surface area contributed by atoms with Gasteiger partial charge >= 0.3 is 0 Å². The molecule has 2 aromatic rings. The minimum Gasteiger partial charge on any atom is -0.458 e. The third kappa shape index (κ3) is 1.51. The van der Waals surface area contributed by atoms with E-state index in [4.69, 9.17) is 21.8 Å². The maximum atomic E-state index is 5.98. The Morgan fingerprint density at radius 2 is 2.29 bits per heavy atom. The predicted molar refractivity (Wildman–Crippen MR) is 58.4 cm³/mol. The lowest BCUT2D eigenvalue weighted by Gasteiger charge is -2.02. The maximum Gasteiger partial charge on any atom is 0.152 e. The number of rotatable bonds is 2. The first kappa shape index (κ1) is 9.56. The maximum absolute atomic E-state index is 5.98. The van der Waals surface area contributed by atoms with E-state index in [1.807, 2.05) is 31.2 Å². The summed E-state index contributed by atoms with van der Waals surface area (Å²) in [7, 11) is 0. The third-order valence-electron chi connectivity index (χ3n) is 2.32. The number of fused-ring (bicyclic) bond motifs is 1. The molecule has 0 aliphatic heterocycles. The smallest absolute Gasteiger partial charge is 0.152 e. The van der Waals surface area contributed by atoms with Gasteiger partial charge in [-0.05, 0) is 18.6 Å². The average molecular weight is 210 g/mol. The van der Waals surface area contributed by atoms with E-state index in [1.54, 1.807) is 0 Å². The molecule has 0 saturated heterocycles. The number of furan rings is 1. The second-order valence-corrected chi connectivity index (χ2v) is 3.73. The van der Waals surface area contributed by atoms with E-state index in [9.17, 15) is 0 Å². The van der Waals surface area contributed by atoms with Crippen LogP contribution in [0.2, 0.25) is 5.02 Å². The Hall–Kier alpha value is -0.990. The Morgan fingerprint density at radius 3 is 2.93 bits per heavy atom. The highest BCUT2D eigenvalue weighted by Gasteiger charge is 2.11. The van der Waals surface area contributed by atoms with Gasteiger partial charge in [-0.1, -0.05) is 30.7 Å². The van der Waals surface area contributed by atoms with Crippen molar-refractivity contribution in [3.63, 3.8) is 0 Å². The van der Waals surface area contributed by atoms with Crippen molar-refractivity contribution >= 4 is 22.6 Å². The molecule has 1 unspecified atom stereocenters. The first-order valence-electron chi connectivity index (χ1n) is 4.66. The number of benzene rings is 1. The third-order valence-corrected chi connectivity index (χ3v) is 2.62. The zero-order valence-electron chi connectivity index (χ0n) is 7.96. The molecule has 1 heterocycles. The Kier molecular flexibility index (Phi) is 2.48. The van der Waals surface area contributed by atoms with Crippen molar-refractivity contribution in [2.75, 3.05) is 0 Å². The molecular weight excluding hydrogens is 198 g/mol. The average Bonchev–Trinajstić information content (AvgIpc) is 2.62. The first-order valence-corrected chi connectivity index (χ1v) is 5.03. The summed E-state index contributed by atoms with van der Waals surface area (Å²) in [6, 6.07) is 7.60. The number of halogens is 1. The minimum absolute atomic E-state index is 0.0431. The second kappa shape index (κ2) is 3.64. The minimum atomic E-state index is -0.0431. The van der Waals surface area contributed by atoms with Gasteiger partial charge in [-0.25, -0.2) is 0 Å². The predicted octanol–water partition coefficient (Wildman–Crippen LogP) is 3.50. The van der Waals surface area contributed by atoms with Crippen molar-refractivity contribution < 1.29 is 4.42 Å². The van der Waals surface area contributed by atoms with Crippen molar-refractivity contribution in [2.45, 2.75) is 19.4 Å². The van der Waals surface area contributed by atoms with Crippen molar-refractivity contribution in [2.24, 2.45) is 5.73 Å². The molecule has 2 N–H and O–H groups in total. The summed E-state index contributed by atoms with van der Waals surface area (Å²) in [4.78, 5) is 0. The highest BCUT2D eigenvalue weighted by atomic mass is 35.5. The van der Waals surface area contributed by atoms with Gasteiger partial charge in [0.05, 0.1) is 11.1 Å². The van der Waals surface area contributed by atoms with Gasteiger partial charge in [0.25, 0.3) is 0 Å². The quantitative estimate of drug-likeness (QED) is 0.822. The van der Waals surface area contributed by atoms with Crippen LogP contribution in [0.5, 0.6) is 0 Å². The van der Waals surface area contributed by atoms with Crippen LogP contribution in [0.25, 0.3) is 11.0 Å². The molecule has 0 radical (unpaired) electrons. The topological polar surface area (TPSA) is 39.2 Å². The SMILES string of the molecule is CCC(N)c1cc2cccc(Cl)c2o1.